The fourth-order valence-corrected chi connectivity index (χ4v) is 5.55. The molecule has 0 aliphatic carbocycles. The second-order valence-electron chi connectivity index (χ2n) is 12.2. The maximum atomic E-state index is 11.0. The van der Waals surface area contributed by atoms with Crippen molar-refractivity contribution in [2.45, 2.75) is 116 Å². The fraction of sp³-hybridized carbons (Fsp3) is 0.833. The van der Waals surface area contributed by atoms with Crippen molar-refractivity contribution in [3.63, 3.8) is 0 Å². The Morgan fingerprint density at radius 3 is 1.10 bits per heavy atom. The second-order valence-corrected chi connectivity index (χ2v) is 15.4. The van der Waals surface area contributed by atoms with E-state index in [0.717, 1.165) is 12.8 Å². The number of rotatable bonds is 38. The van der Waals surface area contributed by atoms with Crippen molar-refractivity contribution in [2.75, 3.05) is 77.6 Å². The SMILES string of the molecule is CCCCCCC/C=C/COCC(COC/C=C\COCC(COC/C=C/CCCCCCC)OCCCS(=O)(=O)O)OCCCS(=O)(=O)O. The molecule has 296 valence electrons. The molecule has 14 heteroatoms. The Balaban J connectivity index is 4.50. The predicted octanol–water partition coefficient (Wildman–Crippen LogP) is 6.77. The molecule has 50 heavy (non-hydrogen) atoms. The second kappa shape index (κ2) is 34.9. The van der Waals surface area contributed by atoms with Crippen LogP contribution >= 0.6 is 0 Å². The summed E-state index contributed by atoms with van der Waals surface area (Å²) >= 11 is 0. The molecule has 2 unspecified atom stereocenters. The lowest BCUT2D eigenvalue weighted by Crippen LogP contribution is -2.27. The summed E-state index contributed by atoms with van der Waals surface area (Å²) < 4.78 is 96.3. The van der Waals surface area contributed by atoms with Crippen LogP contribution in [-0.2, 0) is 48.7 Å². The van der Waals surface area contributed by atoms with Gasteiger partial charge in [0.25, 0.3) is 20.2 Å². The van der Waals surface area contributed by atoms with Gasteiger partial charge in [-0.1, -0.05) is 102 Å². The number of unbranched alkanes of at least 4 members (excludes halogenated alkanes) is 10. The van der Waals surface area contributed by atoms with Gasteiger partial charge in [-0.3, -0.25) is 9.11 Å². The van der Waals surface area contributed by atoms with Crippen molar-refractivity contribution in [1.82, 2.24) is 0 Å². The lowest BCUT2D eigenvalue weighted by atomic mass is 10.1. The third kappa shape index (κ3) is 39.6. The average molecular weight is 757 g/mol. The number of hydrogen-bond donors (Lipinski definition) is 2. The molecule has 0 fully saturated rings. The van der Waals surface area contributed by atoms with Gasteiger partial charge >= 0.3 is 0 Å². The maximum Gasteiger partial charge on any atom is 0.264 e. The zero-order chi connectivity index (χ0) is 37.0. The average Bonchev–Trinajstić information content (AvgIpc) is 3.06. The minimum atomic E-state index is -4.04. The van der Waals surface area contributed by atoms with Crippen LogP contribution in [0.25, 0.3) is 0 Å². The van der Waals surface area contributed by atoms with Crippen LogP contribution in [0.5, 0.6) is 0 Å². The number of allylic oxidation sites excluding steroid dienone is 2. The minimum Gasteiger partial charge on any atom is -0.375 e. The Kier molecular flexibility index (Phi) is 34.0. The van der Waals surface area contributed by atoms with Gasteiger partial charge in [-0.2, -0.15) is 16.8 Å². The van der Waals surface area contributed by atoms with Crippen molar-refractivity contribution in [3.05, 3.63) is 36.5 Å². The molecule has 0 spiro atoms. The van der Waals surface area contributed by atoms with E-state index in [1.807, 2.05) is 24.3 Å². The van der Waals surface area contributed by atoms with E-state index < -0.39 is 32.4 Å². The lowest BCUT2D eigenvalue weighted by molar-refractivity contribution is -0.0528. The van der Waals surface area contributed by atoms with E-state index in [1.165, 1.54) is 64.2 Å². The minimum absolute atomic E-state index is 0.145. The highest BCUT2D eigenvalue weighted by Crippen LogP contribution is 2.07. The molecule has 0 rings (SSSR count). The van der Waals surface area contributed by atoms with Gasteiger partial charge in [0.2, 0.25) is 0 Å². The normalized spacial score (nSPS) is 14.1. The zero-order valence-corrected chi connectivity index (χ0v) is 32.4. The summed E-state index contributed by atoms with van der Waals surface area (Å²) in [5.74, 6) is -0.742. The zero-order valence-electron chi connectivity index (χ0n) is 30.8. The lowest BCUT2D eigenvalue weighted by Gasteiger charge is -2.18. The molecule has 0 amide bonds. The van der Waals surface area contributed by atoms with E-state index in [-0.39, 0.29) is 64.0 Å². The Morgan fingerprint density at radius 2 is 0.780 bits per heavy atom. The van der Waals surface area contributed by atoms with Crippen LogP contribution in [0, 0.1) is 0 Å². The van der Waals surface area contributed by atoms with Gasteiger partial charge < -0.3 is 28.4 Å². The first kappa shape index (κ1) is 48.8. The summed E-state index contributed by atoms with van der Waals surface area (Å²) in [6.07, 6.45) is 25.8. The van der Waals surface area contributed by atoms with Crippen molar-refractivity contribution in [1.29, 1.82) is 0 Å². The first-order valence-electron chi connectivity index (χ1n) is 18.5. The summed E-state index contributed by atoms with van der Waals surface area (Å²) in [6, 6.07) is 0. The fourth-order valence-electron chi connectivity index (χ4n) is 4.58. The van der Waals surface area contributed by atoms with Crippen molar-refractivity contribution in [2.24, 2.45) is 0 Å². The van der Waals surface area contributed by atoms with Crippen molar-refractivity contribution in [3.8, 4) is 0 Å². The van der Waals surface area contributed by atoms with Crippen LogP contribution in [-0.4, -0.2) is 116 Å². The smallest absolute Gasteiger partial charge is 0.264 e. The molecular weight excluding hydrogens is 689 g/mol. The monoisotopic (exact) mass is 756 g/mol. The highest BCUT2D eigenvalue weighted by molar-refractivity contribution is 7.86. The number of ether oxygens (including phenoxy) is 6. The molecule has 0 saturated heterocycles. The molecule has 0 radical (unpaired) electrons. The van der Waals surface area contributed by atoms with E-state index in [9.17, 15) is 16.8 Å². The molecule has 2 atom stereocenters. The van der Waals surface area contributed by atoms with E-state index in [1.54, 1.807) is 0 Å². The Hall–Kier alpha value is -1.20. The third-order valence-corrected chi connectivity index (χ3v) is 8.93. The molecule has 0 aliphatic rings. The van der Waals surface area contributed by atoms with Crippen LogP contribution in [0.1, 0.15) is 104 Å². The maximum absolute atomic E-state index is 11.0. The molecule has 0 bridgehead atoms. The van der Waals surface area contributed by atoms with E-state index >= 15 is 0 Å². The van der Waals surface area contributed by atoms with Gasteiger partial charge in [0.1, 0.15) is 12.2 Å². The molecule has 2 N–H and O–H groups in total. The van der Waals surface area contributed by atoms with E-state index in [0.29, 0.717) is 26.4 Å². The van der Waals surface area contributed by atoms with Gasteiger partial charge in [-0.25, -0.2) is 0 Å². The van der Waals surface area contributed by atoms with Crippen LogP contribution in [0.15, 0.2) is 36.5 Å². The summed E-state index contributed by atoms with van der Waals surface area (Å²) in [4.78, 5) is 0. The van der Waals surface area contributed by atoms with Gasteiger partial charge in [0.05, 0.1) is 64.4 Å². The molecule has 0 aromatic heterocycles. The third-order valence-electron chi connectivity index (χ3n) is 7.32. The van der Waals surface area contributed by atoms with E-state index in [4.69, 9.17) is 37.5 Å². The van der Waals surface area contributed by atoms with Gasteiger partial charge in [0, 0.05) is 13.2 Å². The molecule has 0 saturated carbocycles. The first-order valence-corrected chi connectivity index (χ1v) is 21.7. The molecule has 0 aromatic rings. The summed E-state index contributed by atoms with van der Waals surface area (Å²) in [7, 11) is -8.09. The number of hydrogen-bond acceptors (Lipinski definition) is 10. The summed E-state index contributed by atoms with van der Waals surface area (Å²) in [5.41, 5.74) is 0. The highest BCUT2D eigenvalue weighted by atomic mass is 32.2. The highest BCUT2D eigenvalue weighted by Gasteiger charge is 2.13. The standard InChI is InChI=1S/C36H68O12S2/c1-3-5-7-9-11-13-15-17-23-43-31-35(47-27-21-29-49(37,38)39)33-45-25-19-20-26-46-34-36(48-28-22-30-50(40,41)42)32-44-24-18-16-14-12-10-8-6-4-2/h15-20,35-36H,3-14,21-34H2,1-2H3,(H,37,38,39)(H,40,41,42)/b17-15+,18-16+,20-19-. The summed E-state index contributed by atoms with van der Waals surface area (Å²) in [5, 5.41) is 0. The molecule has 0 aromatic carbocycles. The first-order chi connectivity index (χ1) is 24.1. The topological polar surface area (TPSA) is 164 Å². The quantitative estimate of drug-likeness (QED) is 0.0387. The Morgan fingerprint density at radius 1 is 0.460 bits per heavy atom. The van der Waals surface area contributed by atoms with Crippen molar-refractivity contribution >= 4 is 20.2 Å². The van der Waals surface area contributed by atoms with Crippen LogP contribution < -0.4 is 0 Å². The Labute approximate surface area is 303 Å². The molecular formula is C36H68O12S2. The van der Waals surface area contributed by atoms with Crippen LogP contribution in [0.4, 0.5) is 0 Å². The van der Waals surface area contributed by atoms with Gasteiger partial charge in [-0.15, -0.1) is 0 Å². The Bertz CT molecular complexity index is 963. The van der Waals surface area contributed by atoms with E-state index in [2.05, 4.69) is 26.0 Å². The largest absolute Gasteiger partial charge is 0.375 e. The van der Waals surface area contributed by atoms with Gasteiger partial charge in [0.15, 0.2) is 0 Å². The molecule has 12 nitrogen and oxygen atoms in total. The predicted molar refractivity (Wildman–Crippen MR) is 199 cm³/mol. The molecule has 0 aliphatic heterocycles. The van der Waals surface area contributed by atoms with Gasteiger partial charge in [-0.05, 0) is 38.5 Å². The molecule has 0 heterocycles. The summed E-state index contributed by atoms with van der Waals surface area (Å²) in [6.45, 7) is 7.23. The van der Waals surface area contributed by atoms with Crippen LogP contribution in [0.3, 0.4) is 0 Å². The van der Waals surface area contributed by atoms with Crippen molar-refractivity contribution < 1.29 is 54.4 Å². The van der Waals surface area contributed by atoms with Crippen LogP contribution in [0.2, 0.25) is 0 Å².